The lowest BCUT2D eigenvalue weighted by atomic mass is 9.54. The number of aliphatic hydroxyl groups is 3. The maximum atomic E-state index is 14.1. The Bertz CT molecular complexity index is 1330. The molecule has 1 amide bonds. The highest BCUT2D eigenvalue weighted by atomic mass is 16.5. The Labute approximate surface area is 219 Å². The van der Waals surface area contributed by atoms with E-state index in [2.05, 4.69) is 0 Å². The Kier molecular flexibility index (Phi) is 6.44. The third kappa shape index (κ3) is 3.48. The van der Waals surface area contributed by atoms with Crippen molar-refractivity contribution in [2.24, 2.45) is 23.5 Å². The fourth-order valence-corrected chi connectivity index (χ4v) is 6.24. The molecular formula is C27H32N2O9. The number of phenolic OH excluding ortho intramolecular Hbond substituents is 1. The van der Waals surface area contributed by atoms with Gasteiger partial charge in [-0.2, -0.15) is 0 Å². The highest BCUT2D eigenvalue weighted by molar-refractivity contribution is 6.24. The van der Waals surface area contributed by atoms with Crippen LogP contribution in [0.2, 0.25) is 0 Å². The molecule has 4 aliphatic carbocycles. The number of carbonyl (C=O) groups excluding carboxylic acids is 4. The number of fused-ring (bicyclic) bond motifs is 3. The molecule has 0 heterocycles. The topological polar surface area (TPSA) is 188 Å². The van der Waals surface area contributed by atoms with Crippen LogP contribution < -0.4 is 5.73 Å². The minimum Gasteiger partial charge on any atom is -0.508 e. The summed E-state index contributed by atoms with van der Waals surface area (Å²) in [6, 6.07) is 3.15. The summed E-state index contributed by atoms with van der Waals surface area (Å²) >= 11 is 0. The molecule has 0 spiro atoms. The number of hydrogen-bond acceptors (Lipinski definition) is 10. The van der Waals surface area contributed by atoms with Crippen LogP contribution in [0, 0.1) is 17.8 Å². The molecule has 6 atom stereocenters. The van der Waals surface area contributed by atoms with E-state index in [0.717, 1.165) is 0 Å². The van der Waals surface area contributed by atoms with Gasteiger partial charge >= 0.3 is 5.97 Å². The predicted molar refractivity (Wildman–Crippen MR) is 134 cm³/mol. The monoisotopic (exact) mass is 528 g/mol. The van der Waals surface area contributed by atoms with Gasteiger partial charge in [0.2, 0.25) is 5.78 Å². The van der Waals surface area contributed by atoms with Gasteiger partial charge in [-0.15, -0.1) is 0 Å². The van der Waals surface area contributed by atoms with Crippen LogP contribution >= 0.6 is 0 Å². The van der Waals surface area contributed by atoms with Crippen LogP contribution in [-0.2, 0) is 23.9 Å². The van der Waals surface area contributed by atoms with Crippen LogP contribution in [0.4, 0.5) is 0 Å². The molecule has 1 aromatic carbocycles. The lowest BCUT2D eigenvalue weighted by Crippen LogP contribution is -2.71. The second-order valence-electron chi connectivity index (χ2n) is 10.5. The molecule has 0 unspecified atom stereocenters. The lowest BCUT2D eigenvalue weighted by molar-refractivity contribution is -0.186. The second kappa shape index (κ2) is 8.95. The Balaban J connectivity index is 0.00000336. The minimum absolute atomic E-state index is 0. The van der Waals surface area contributed by atoms with Gasteiger partial charge in [0.05, 0.1) is 23.4 Å². The number of nitrogens with zero attached hydrogens (tertiary/aromatic N) is 1. The Hall–Kier alpha value is -3.70. The number of nitrogens with two attached hydrogens (primary N) is 1. The van der Waals surface area contributed by atoms with Crippen molar-refractivity contribution in [1.82, 2.24) is 4.90 Å². The minimum atomic E-state index is -2.93. The van der Waals surface area contributed by atoms with Gasteiger partial charge in [0, 0.05) is 11.5 Å². The molecule has 0 radical (unpaired) electrons. The van der Waals surface area contributed by atoms with E-state index in [1.807, 2.05) is 0 Å². The van der Waals surface area contributed by atoms with Crippen molar-refractivity contribution in [3.8, 4) is 5.75 Å². The Morgan fingerprint density at radius 3 is 2.32 bits per heavy atom. The van der Waals surface area contributed by atoms with E-state index in [1.165, 1.54) is 25.1 Å². The standard InChI is InChI=1S/C26H28N2O9.CH4/c1-9-11-5-4-6-12(29)14(11)19(30)15-13(9)21(37-25(35)10-7-8-10)17-18(28(2)3)20(31)16(24(27)34)23(33)26(17,36)22(15)32;/h4-6,9-10,13,17-18,21,29-30,33,36H,7-8H2,1-3H3,(H2,27,34);1H4/t9-,13-,17-,18+,21+,26-;/m1./s1. The zero-order chi connectivity index (χ0) is 27.1. The van der Waals surface area contributed by atoms with Crippen molar-refractivity contribution in [1.29, 1.82) is 0 Å². The van der Waals surface area contributed by atoms with E-state index in [1.54, 1.807) is 19.1 Å². The molecule has 11 nitrogen and oxygen atoms in total. The van der Waals surface area contributed by atoms with Crippen LogP contribution in [0.25, 0.3) is 5.76 Å². The summed E-state index contributed by atoms with van der Waals surface area (Å²) in [6.45, 7) is 1.71. The number of aromatic hydroxyl groups is 1. The normalized spacial score (nSPS) is 32.3. The molecule has 4 aliphatic rings. The van der Waals surface area contributed by atoms with Crippen molar-refractivity contribution >= 4 is 29.2 Å². The molecule has 0 bridgehead atoms. The van der Waals surface area contributed by atoms with Gasteiger partial charge in [-0.3, -0.25) is 24.1 Å². The molecular weight excluding hydrogens is 496 g/mol. The number of Topliss-reactive ketones (excluding diaryl/α,β-unsaturated/α-hetero) is 2. The van der Waals surface area contributed by atoms with E-state index in [0.29, 0.717) is 18.4 Å². The number of phenols is 1. The summed E-state index contributed by atoms with van der Waals surface area (Å²) in [4.78, 5) is 54.0. The van der Waals surface area contributed by atoms with Gasteiger partial charge in [-0.1, -0.05) is 26.5 Å². The van der Waals surface area contributed by atoms with Crippen molar-refractivity contribution in [2.45, 2.75) is 50.9 Å². The maximum absolute atomic E-state index is 14.1. The van der Waals surface area contributed by atoms with Gasteiger partial charge in [-0.05, 0) is 44.5 Å². The van der Waals surface area contributed by atoms with E-state index in [4.69, 9.17) is 10.5 Å². The first-order valence-electron chi connectivity index (χ1n) is 12.0. The van der Waals surface area contributed by atoms with Crippen LogP contribution in [0.15, 0.2) is 35.1 Å². The molecule has 204 valence electrons. The fraction of sp³-hybridized carbons (Fsp3) is 0.481. The Morgan fingerprint density at radius 2 is 1.76 bits per heavy atom. The van der Waals surface area contributed by atoms with Crippen LogP contribution in [-0.4, -0.2) is 80.6 Å². The van der Waals surface area contributed by atoms with E-state index in [-0.39, 0.29) is 30.2 Å². The molecule has 6 N–H and O–H groups in total. The summed E-state index contributed by atoms with van der Waals surface area (Å²) < 4.78 is 5.92. The summed E-state index contributed by atoms with van der Waals surface area (Å²) in [7, 11) is 2.96. The number of esters is 1. The predicted octanol–water partition coefficient (Wildman–Crippen LogP) is 1.09. The Morgan fingerprint density at radius 1 is 1.13 bits per heavy atom. The first-order chi connectivity index (χ1) is 17.3. The van der Waals surface area contributed by atoms with E-state index >= 15 is 0 Å². The molecule has 38 heavy (non-hydrogen) atoms. The number of ketones is 2. The second-order valence-corrected chi connectivity index (χ2v) is 10.5. The SMILES string of the molecule is C.C[C@@H]1c2cccc(O)c2C(O)=C2C(=O)[C@@]3(O)C(O)=C(C(N)=O)C(=O)[C@@H](N(C)C)[C@@H]3[C@@H](OC(=O)C3CC3)[C@@H]21. The lowest BCUT2D eigenvalue weighted by Gasteiger charge is -2.54. The summed E-state index contributed by atoms with van der Waals surface area (Å²) in [5, 5.41) is 44.8. The molecule has 0 aromatic heterocycles. The highest BCUT2D eigenvalue weighted by Crippen LogP contribution is 2.57. The largest absolute Gasteiger partial charge is 0.508 e. The molecule has 11 heteroatoms. The third-order valence-electron chi connectivity index (χ3n) is 8.13. The summed E-state index contributed by atoms with van der Waals surface area (Å²) in [5.41, 5.74) is 1.56. The highest BCUT2D eigenvalue weighted by Gasteiger charge is 2.69. The molecule has 1 aromatic rings. The maximum Gasteiger partial charge on any atom is 0.309 e. The van der Waals surface area contributed by atoms with Crippen molar-refractivity contribution in [3.05, 3.63) is 46.2 Å². The zero-order valence-corrected chi connectivity index (χ0v) is 20.5. The molecule has 2 fully saturated rings. The van der Waals surface area contributed by atoms with E-state index in [9.17, 15) is 39.6 Å². The number of amides is 1. The fourth-order valence-electron chi connectivity index (χ4n) is 6.24. The average molecular weight is 529 g/mol. The van der Waals surface area contributed by atoms with Crippen molar-refractivity contribution < 1.29 is 44.3 Å². The number of benzene rings is 1. The molecule has 2 saturated carbocycles. The first kappa shape index (κ1) is 27.3. The summed E-state index contributed by atoms with van der Waals surface area (Å²) in [6.07, 6.45) is -0.180. The smallest absolute Gasteiger partial charge is 0.309 e. The van der Waals surface area contributed by atoms with Gasteiger partial charge in [0.15, 0.2) is 11.4 Å². The zero-order valence-electron chi connectivity index (χ0n) is 20.5. The number of aliphatic hydroxyl groups excluding tert-OH is 2. The number of likely N-dealkylation sites (N-methyl/N-ethyl adjacent to an activating group) is 1. The number of carbonyl (C=O) groups is 4. The van der Waals surface area contributed by atoms with Crippen LogP contribution in [0.5, 0.6) is 5.75 Å². The van der Waals surface area contributed by atoms with Gasteiger partial charge < -0.3 is 30.9 Å². The van der Waals surface area contributed by atoms with Crippen molar-refractivity contribution in [2.75, 3.05) is 14.1 Å². The van der Waals surface area contributed by atoms with Crippen molar-refractivity contribution in [3.63, 3.8) is 0 Å². The quantitative estimate of drug-likeness (QED) is 0.280. The number of ether oxygens (including phenoxy) is 1. The average Bonchev–Trinajstić information content (AvgIpc) is 3.66. The summed E-state index contributed by atoms with van der Waals surface area (Å²) in [5.74, 6) is -9.83. The molecule has 5 rings (SSSR count). The van der Waals surface area contributed by atoms with Crippen LogP contribution in [0.1, 0.15) is 44.2 Å². The third-order valence-corrected chi connectivity index (χ3v) is 8.13. The number of rotatable bonds is 4. The van der Waals surface area contributed by atoms with E-state index < -0.39 is 76.0 Å². The first-order valence-corrected chi connectivity index (χ1v) is 12.0. The van der Waals surface area contributed by atoms with Crippen LogP contribution in [0.3, 0.4) is 0 Å². The molecule has 0 aliphatic heterocycles. The van der Waals surface area contributed by atoms with Gasteiger partial charge in [0.1, 0.15) is 28.9 Å². The molecule has 0 saturated heterocycles. The van der Waals surface area contributed by atoms with Gasteiger partial charge in [0.25, 0.3) is 5.91 Å². The van der Waals surface area contributed by atoms with Gasteiger partial charge in [-0.25, -0.2) is 0 Å². The number of hydrogen-bond donors (Lipinski definition) is 5. The number of primary amides is 1.